The Labute approximate surface area is 118 Å². The summed E-state index contributed by atoms with van der Waals surface area (Å²) < 4.78 is 5.76. The summed E-state index contributed by atoms with van der Waals surface area (Å²) in [7, 11) is 0. The fraction of sp³-hybridized carbons (Fsp3) is 1.00. The average Bonchev–Trinajstić information content (AvgIpc) is 3.00. The summed E-state index contributed by atoms with van der Waals surface area (Å²) in [6, 6.07) is 0.793. The summed E-state index contributed by atoms with van der Waals surface area (Å²) in [5, 5.41) is 3.89. The first-order chi connectivity index (χ1) is 9.43. The van der Waals surface area contributed by atoms with E-state index in [-0.39, 0.29) is 0 Å². The van der Waals surface area contributed by atoms with Gasteiger partial charge in [-0.2, -0.15) is 0 Å². The summed E-state index contributed by atoms with van der Waals surface area (Å²) in [4.78, 5) is 0. The molecule has 2 nitrogen and oxygen atoms in total. The van der Waals surface area contributed by atoms with Crippen LogP contribution in [0.1, 0.15) is 70.6 Å². The van der Waals surface area contributed by atoms with Gasteiger partial charge in [-0.15, -0.1) is 0 Å². The smallest absolute Gasteiger partial charge is 0.0700 e. The predicted molar refractivity (Wildman–Crippen MR) is 79.3 cm³/mol. The fourth-order valence-corrected chi connectivity index (χ4v) is 4.63. The molecule has 2 aliphatic carbocycles. The molecule has 0 spiro atoms. The third kappa shape index (κ3) is 3.72. The standard InChI is InChI=1S/C17H31NO/c1-2-7-14(8-3-1)16-10-4-5-11-17(16)18-13-15-9-6-12-19-15/h14-18H,1-13H2. The van der Waals surface area contributed by atoms with Crippen molar-refractivity contribution >= 4 is 0 Å². The second-order valence-corrected chi connectivity index (χ2v) is 7.00. The molecule has 1 heterocycles. The lowest BCUT2D eigenvalue weighted by Crippen LogP contribution is -2.45. The molecular formula is C17H31NO. The molecule has 0 bridgehead atoms. The van der Waals surface area contributed by atoms with E-state index in [1.54, 1.807) is 0 Å². The first-order valence-electron chi connectivity index (χ1n) is 8.78. The number of rotatable bonds is 4. The Balaban J connectivity index is 1.50. The van der Waals surface area contributed by atoms with Gasteiger partial charge in [0, 0.05) is 19.2 Å². The Morgan fingerprint density at radius 1 is 0.789 bits per heavy atom. The van der Waals surface area contributed by atoms with Crippen LogP contribution in [0.3, 0.4) is 0 Å². The maximum absolute atomic E-state index is 5.76. The molecule has 0 radical (unpaired) electrons. The van der Waals surface area contributed by atoms with Crippen LogP contribution in [0.25, 0.3) is 0 Å². The van der Waals surface area contributed by atoms with Crippen molar-refractivity contribution in [2.24, 2.45) is 11.8 Å². The van der Waals surface area contributed by atoms with Gasteiger partial charge in [0.25, 0.3) is 0 Å². The molecule has 3 atom stereocenters. The van der Waals surface area contributed by atoms with Crippen LogP contribution in [0, 0.1) is 11.8 Å². The summed E-state index contributed by atoms with van der Waals surface area (Å²) in [6.45, 7) is 2.09. The van der Waals surface area contributed by atoms with Crippen LogP contribution in [0.2, 0.25) is 0 Å². The molecule has 0 aromatic heterocycles. The molecule has 0 amide bonds. The van der Waals surface area contributed by atoms with E-state index < -0.39 is 0 Å². The highest BCUT2D eigenvalue weighted by Crippen LogP contribution is 2.38. The molecule has 3 rings (SSSR count). The zero-order valence-electron chi connectivity index (χ0n) is 12.4. The molecule has 1 saturated heterocycles. The Bertz CT molecular complexity index is 256. The van der Waals surface area contributed by atoms with E-state index in [0.29, 0.717) is 6.10 Å². The van der Waals surface area contributed by atoms with Gasteiger partial charge in [-0.1, -0.05) is 44.9 Å². The Kier molecular flexibility index (Phi) is 5.17. The maximum atomic E-state index is 5.76. The fourth-order valence-electron chi connectivity index (χ4n) is 4.63. The molecule has 3 unspecified atom stereocenters. The van der Waals surface area contributed by atoms with Gasteiger partial charge in [0.15, 0.2) is 0 Å². The third-order valence-corrected chi connectivity index (χ3v) is 5.71. The van der Waals surface area contributed by atoms with E-state index in [4.69, 9.17) is 4.74 Å². The molecular weight excluding hydrogens is 234 g/mol. The summed E-state index contributed by atoms with van der Waals surface area (Å²) >= 11 is 0. The maximum Gasteiger partial charge on any atom is 0.0700 e. The molecule has 3 fully saturated rings. The van der Waals surface area contributed by atoms with E-state index in [1.807, 2.05) is 0 Å². The molecule has 3 aliphatic rings. The van der Waals surface area contributed by atoms with E-state index >= 15 is 0 Å². The highest BCUT2D eigenvalue weighted by atomic mass is 16.5. The molecule has 110 valence electrons. The SMILES string of the molecule is C1CCC(C2CCCCC2NCC2CCCO2)CC1. The van der Waals surface area contributed by atoms with Crippen LogP contribution >= 0.6 is 0 Å². The van der Waals surface area contributed by atoms with Crippen molar-refractivity contribution in [2.45, 2.75) is 82.8 Å². The average molecular weight is 265 g/mol. The summed E-state index contributed by atoms with van der Waals surface area (Å²) in [5.74, 6) is 1.99. The van der Waals surface area contributed by atoms with E-state index in [0.717, 1.165) is 31.0 Å². The van der Waals surface area contributed by atoms with Gasteiger partial charge in [-0.05, 0) is 37.5 Å². The number of ether oxygens (including phenoxy) is 1. The number of nitrogens with one attached hydrogen (secondary N) is 1. The molecule has 1 aliphatic heterocycles. The van der Waals surface area contributed by atoms with Gasteiger partial charge in [0.1, 0.15) is 0 Å². The zero-order chi connectivity index (χ0) is 12.9. The van der Waals surface area contributed by atoms with E-state index in [1.165, 1.54) is 70.6 Å². The summed E-state index contributed by atoms with van der Waals surface area (Å²) in [6.07, 6.45) is 16.3. The van der Waals surface area contributed by atoms with Crippen molar-refractivity contribution in [3.63, 3.8) is 0 Å². The lowest BCUT2D eigenvalue weighted by atomic mass is 9.71. The Hall–Kier alpha value is -0.0800. The number of hydrogen-bond donors (Lipinski definition) is 1. The van der Waals surface area contributed by atoms with Crippen molar-refractivity contribution in [3.8, 4) is 0 Å². The molecule has 19 heavy (non-hydrogen) atoms. The van der Waals surface area contributed by atoms with Crippen molar-refractivity contribution in [3.05, 3.63) is 0 Å². The van der Waals surface area contributed by atoms with Crippen molar-refractivity contribution in [1.82, 2.24) is 5.32 Å². The third-order valence-electron chi connectivity index (χ3n) is 5.71. The largest absolute Gasteiger partial charge is 0.377 e. The van der Waals surface area contributed by atoms with Crippen LogP contribution in [0.5, 0.6) is 0 Å². The molecule has 2 saturated carbocycles. The van der Waals surface area contributed by atoms with Crippen LogP contribution in [0.15, 0.2) is 0 Å². The molecule has 0 aromatic rings. The first kappa shape index (κ1) is 13.9. The predicted octanol–water partition coefficient (Wildman–Crippen LogP) is 3.89. The highest BCUT2D eigenvalue weighted by Gasteiger charge is 2.32. The lowest BCUT2D eigenvalue weighted by molar-refractivity contribution is 0.0921. The minimum atomic E-state index is 0.508. The van der Waals surface area contributed by atoms with Crippen LogP contribution < -0.4 is 5.32 Å². The van der Waals surface area contributed by atoms with Crippen LogP contribution in [0.4, 0.5) is 0 Å². The van der Waals surface area contributed by atoms with E-state index in [9.17, 15) is 0 Å². The van der Waals surface area contributed by atoms with Gasteiger partial charge < -0.3 is 10.1 Å². The van der Waals surface area contributed by atoms with Crippen molar-refractivity contribution < 1.29 is 4.74 Å². The second-order valence-electron chi connectivity index (χ2n) is 7.00. The molecule has 1 N–H and O–H groups in total. The summed E-state index contributed by atoms with van der Waals surface area (Å²) in [5.41, 5.74) is 0. The zero-order valence-corrected chi connectivity index (χ0v) is 12.4. The molecule has 0 aromatic carbocycles. The number of hydrogen-bond acceptors (Lipinski definition) is 2. The highest BCUT2D eigenvalue weighted by molar-refractivity contribution is 4.87. The van der Waals surface area contributed by atoms with Gasteiger partial charge in [0.2, 0.25) is 0 Å². The first-order valence-corrected chi connectivity index (χ1v) is 8.78. The lowest BCUT2D eigenvalue weighted by Gasteiger charge is -2.40. The normalized spacial score (nSPS) is 37.6. The Morgan fingerprint density at radius 3 is 2.37 bits per heavy atom. The van der Waals surface area contributed by atoms with Gasteiger partial charge in [0.05, 0.1) is 6.10 Å². The van der Waals surface area contributed by atoms with Gasteiger partial charge in [-0.3, -0.25) is 0 Å². The van der Waals surface area contributed by atoms with E-state index in [2.05, 4.69) is 5.32 Å². The quantitative estimate of drug-likeness (QED) is 0.832. The van der Waals surface area contributed by atoms with Crippen LogP contribution in [-0.4, -0.2) is 25.3 Å². The van der Waals surface area contributed by atoms with Crippen molar-refractivity contribution in [2.75, 3.05) is 13.2 Å². The second kappa shape index (κ2) is 7.08. The minimum Gasteiger partial charge on any atom is -0.377 e. The minimum absolute atomic E-state index is 0.508. The van der Waals surface area contributed by atoms with Crippen molar-refractivity contribution in [1.29, 1.82) is 0 Å². The van der Waals surface area contributed by atoms with Gasteiger partial charge >= 0.3 is 0 Å². The topological polar surface area (TPSA) is 21.3 Å². The van der Waals surface area contributed by atoms with Gasteiger partial charge in [-0.25, -0.2) is 0 Å². The Morgan fingerprint density at radius 2 is 1.58 bits per heavy atom. The monoisotopic (exact) mass is 265 g/mol. The molecule has 2 heteroatoms. The van der Waals surface area contributed by atoms with Crippen LogP contribution in [-0.2, 0) is 4.74 Å².